The van der Waals surface area contributed by atoms with E-state index < -0.39 is 23.3 Å². The van der Waals surface area contributed by atoms with Gasteiger partial charge in [-0.3, -0.25) is 25.0 Å². The molecule has 0 atom stereocenters. The molecule has 7 nitrogen and oxygen atoms in total. The minimum Gasteiger partial charge on any atom is -0.368 e. The first-order valence-corrected chi connectivity index (χ1v) is 3.85. The molecule has 1 heterocycles. The lowest BCUT2D eigenvalue weighted by Gasteiger charge is -2.14. The van der Waals surface area contributed by atoms with Gasteiger partial charge in [-0.15, -0.1) is 0 Å². The first-order valence-electron chi connectivity index (χ1n) is 3.85. The van der Waals surface area contributed by atoms with Crippen LogP contribution in [0.3, 0.4) is 0 Å². The zero-order chi connectivity index (χ0) is 10.9. The number of nitrogens with one attached hydrogen (secondary N) is 2. The van der Waals surface area contributed by atoms with E-state index in [1.165, 1.54) is 13.8 Å². The van der Waals surface area contributed by atoms with Gasteiger partial charge in [0.15, 0.2) is 0 Å². The van der Waals surface area contributed by atoms with Gasteiger partial charge in [0, 0.05) is 0 Å². The van der Waals surface area contributed by atoms with Gasteiger partial charge >= 0.3 is 11.8 Å². The van der Waals surface area contributed by atoms with Crippen molar-refractivity contribution in [2.24, 2.45) is 10.7 Å². The Labute approximate surface area is 79.7 Å². The van der Waals surface area contributed by atoms with E-state index in [9.17, 15) is 14.4 Å². The van der Waals surface area contributed by atoms with E-state index >= 15 is 0 Å². The third-order valence-electron chi connectivity index (χ3n) is 1.66. The van der Waals surface area contributed by atoms with Crippen LogP contribution in [-0.4, -0.2) is 29.2 Å². The van der Waals surface area contributed by atoms with Gasteiger partial charge in [0.25, 0.3) is 0 Å². The number of nitrogens with two attached hydrogens (primary N) is 1. The van der Waals surface area contributed by atoms with Crippen molar-refractivity contribution in [2.75, 3.05) is 0 Å². The Kier molecular flexibility index (Phi) is 2.24. The van der Waals surface area contributed by atoms with Crippen molar-refractivity contribution in [3.8, 4) is 0 Å². The number of rotatable bonds is 2. The minimum atomic E-state index is -1.17. The number of carbonyl (C=O) groups excluding carboxylic acids is 3. The quantitative estimate of drug-likeness (QED) is 0.439. The van der Waals surface area contributed by atoms with Gasteiger partial charge in [-0.05, 0) is 13.8 Å². The molecule has 1 rings (SSSR count). The summed E-state index contributed by atoms with van der Waals surface area (Å²) in [7, 11) is 0. The molecule has 1 aliphatic heterocycles. The van der Waals surface area contributed by atoms with Gasteiger partial charge in [0.2, 0.25) is 11.9 Å². The highest BCUT2D eigenvalue weighted by Gasteiger charge is 2.30. The molecule has 0 radical (unpaired) electrons. The summed E-state index contributed by atoms with van der Waals surface area (Å²) in [6.45, 7) is 2.94. The molecule has 3 amide bonds. The van der Waals surface area contributed by atoms with Gasteiger partial charge in [-0.25, -0.2) is 4.99 Å². The SMILES string of the molecule is CC(C)(N=C1NC(=O)C(=O)N1)C(N)=O. The van der Waals surface area contributed by atoms with E-state index in [2.05, 4.69) is 15.6 Å². The van der Waals surface area contributed by atoms with E-state index in [1.54, 1.807) is 0 Å². The van der Waals surface area contributed by atoms with Crippen molar-refractivity contribution in [1.82, 2.24) is 10.6 Å². The van der Waals surface area contributed by atoms with Crippen molar-refractivity contribution in [3.05, 3.63) is 0 Å². The largest absolute Gasteiger partial charge is 0.368 e. The third kappa shape index (κ3) is 1.87. The maximum atomic E-state index is 10.9. The first kappa shape index (κ1) is 10.2. The van der Waals surface area contributed by atoms with Crippen molar-refractivity contribution in [1.29, 1.82) is 0 Å². The fourth-order valence-corrected chi connectivity index (χ4v) is 0.750. The zero-order valence-electron chi connectivity index (χ0n) is 7.75. The number of amides is 3. The van der Waals surface area contributed by atoms with Gasteiger partial charge in [0.1, 0.15) is 5.54 Å². The van der Waals surface area contributed by atoms with Crippen LogP contribution in [0.25, 0.3) is 0 Å². The molecule has 0 aliphatic carbocycles. The lowest BCUT2D eigenvalue weighted by molar-refractivity contribution is -0.135. The summed E-state index contributed by atoms with van der Waals surface area (Å²) < 4.78 is 0. The Morgan fingerprint density at radius 2 is 1.71 bits per heavy atom. The minimum absolute atomic E-state index is 0.0520. The average Bonchev–Trinajstić information content (AvgIpc) is 2.29. The highest BCUT2D eigenvalue weighted by Crippen LogP contribution is 2.07. The second-order valence-corrected chi connectivity index (χ2v) is 3.29. The standard InChI is InChI=1S/C7H10N4O3/c1-7(2,5(8)14)11-6-9-3(12)4(13)10-6/h1-2H3,(H2,8,14)(H2,9,10,11,12,13). The lowest BCUT2D eigenvalue weighted by Crippen LogP contribution is -2.40. The van der Waals surface area contributed by atoms with Crippen molar-refractivity contribution >= 4 is 23.7 Å². The van der Waals surface area contributed by atoms with Crippen LogP contribution in [0.4, 0.5) is 0 Å². The molecule has 4 N–H and O–H groups in total. The molecule has 0 aromatic heterocycles. The van der Waals surface area contributed by atoms with Gasteiger partial charge in [-0.2, -0.15) is 0 Å². The Bertz CT molecular complexity index is 327. The van der Waals surface area contributed by atoms with Crippen LogP contribution in [-0.2, 0) is 14.4 Å². The molecule has 0 spiro atoms. The summed E-state index contributed by atoms with van der Waals surface area (Å²) in [6.07, 6.45) is 0. The van der Waals surface area contributed by atoms with E-state index in [-0.39, 0.29) is 5.96 Å². The lowest BCUT2D eigenvalue weighted by atomic mass is 10.1. The monoisotopic (exact) mass is 198 g/mol. The van der Waals surface area contributed by atoms with Crippen molar-refractivity contribution < 1.29 is 14.4 Å². The summed E-state index contributed by atoms with van der Waals surface area (Å²) in [5.74, 6) is -2.31. The third-order valence-corrected chi connectivity index (χ3v) is 1.66. The molecule has 0 aromatic rings. The zero-order valence-corrected chi connectivity index (χ0v) is 7.75. The molecule has 14 heavy (non-hydrogen) atoms. The molecule has 0 saturated carbocycles. The number of hydrogen-bond donors (Lipinski definition) is 3. The number of nitrogens with zero attached hydrogens (tertiary/aromatic N) is 1. The van der Waals surface area contributed by atoms with Gasteiger partial charge < -0.3 is 5.73 Å². The molecule has 0 unspecified atom stereocenters. The van der Waals surface area contributed by atoms with Gasteiger partial charge in [-0.1, -0.05) is 0 Å². The topological polar surface area (TPSA) is 114 Å². The smallest absolute Gasteiger partial charge is 0.316 e. The summed E-state index contributed by atoms with van der Waals surface area (Å²) in [5, 5.41) is 4.31. The van der Waals surface area contributed by atoms with Crippen molar-refractivity contribution in [2.45, 2.75) is 19.4 Å². The van der Waals surface area contributed by atoms with E-state index in [4.69, 9.17) is 5.73 Å². The molecule has 1 saturated heterocycles. The Morgan fingerprint density at radius 1 is 1.29 bits per heavy atom. The molecule has 1 fully saturated rings. The second kappa shape index (κ2) is 3.09. The molecule has 1 aliphatic rings. The normalized spacial score (nSPS) is 16.3. The second-order valence-electron chi connectivity index (χ2n) is 3.29. The fourth-order valence-electron chi connectivity index (χ4n) is 0.750. The molecule has 0 aromatic carbocycles. The first-order chi connectivity index (χ1) is 6.33. The van der Waals surface area contributed by atoms with Crippen LogP contribution in [0.1, 0.15) is 13.8 Å². The van der Waals surface area contributed by atoms with E-state index in [0.29, 0.717) is 0 Å². The van der Waals surface area contributed by atoms with Gasteiger partial charge in [0.05, 0.1) is 0 Å². The van der Waals surface area contributed by atoms with E-state index in [1.807, 2.05) is 0 Å². The van der Waals surface area contributed by atoms with Crippen LogP contribution in [0, 0.1) is 0 Å². The number of hydrogen-bond acceptors (Lipinski definition) is 4. The summed E-state index contributed by atoms with van der Waals surface area (Å²) in [4.78, 5) is 36.1. The Balaban J connectivity index is 2.86. The summed E-state index contributed by atoms with van der Waals surface area (Å²) in [6, 6.07) is 0. The summed E-state index contributed by atoms with van der Waals surface area (Å²) in [5.41, 5.74) is 3.88. The number of primary amides is 1. The van der Waals surface area contributed by atoms with Crippen LogP contribution >= 0.6 is 0 Å². The van der Waals surface area contributed by atoms with Crippen LogP contribution < -0.4 is 16.4 Å². The predicted octanol–water partition coefficient (Wildman–Crippen LogP) is -2.15. The maximum absolute atomic E-state index is 10.9. The highest BCUT2D eigenvalue weighted by atomic mass is 16.2. The fraction of sp³-hybridized carbons (Fsp3) is 0.429. The summed E-state index contributed by atoms with van der Waals surface area (Å²) >= 11 is 0. The molecule has 7 heteroatoms. The Morgan fingerprint density at radius 3 is 2.07 bits per heavy atom. The predicted molar refractivity (Wildman–Crippen MR) is 47.0 cm³/mol. The maximum Gasteiger partial charge on any atom is 0.316 e. The number of carbonyl (C=O) groups is 3. The number of aliphatic imine (C=N–C) groups is 1. The highest BCUT2D eigenvalue weighted by molar-refractivity contribution is 6.45. The number of guanidine groups is 1. The average molecular weight is 198 g/mol. The van der Waals surface area contributed by atoms with Crippen LogP contribution in [0.15, 0.2) is 4.99 Å². The van der Waals surface area contributed by atoms with E-state index in [0.717, 1.165) is 0 Å². The van der Waals surface area contributed by atoms with Crippen LogP contribution in [0.2, 0.25) is 0 Å². The Hall–Kier alpha value is -1.92. The van der Waals surface area contributed by atoms with Crippen LogP contribution in [0.5, 0.6) is 0 Å². The molecule has 76 valence electrons. The molecule has 0 bridgehead atoms. The molecular formula is C7H10N4O3. The van der Waals surface area contributed by atoms with Crippen molar-refractivity contribution in [3.63, 3.8) is 0 Å². The molecular weight excluding hydrogens is 188 g/mol.